The maximum absolute atomic E-state index is 12.8. The van der Waals surface area contributed by atoms with Gasteiger partial charge >= 0.3 is 19.8 Å². The molecule has 7 N–H and O–H groups in total. The van der Waals surface area contributed by atoms with Crippen molar-refractivity contribution >= 4 is 19.8 Å². The van der Waals surface area contributed by atoms with Crippen molar-refractivity contribution in [2.45, 2.75) is 198 Å². The third-order valence-corrected chi connectivity index (χ3v) is 11.1. The number of hydrogen-bond acceptors (Lipinski definition) is 13. The van der Waals surface area contributed by atoms with Crippen LogP contribution in [0.2, 0.25) is 0 Å². The molecule has 356 valence electrons. The molecule has 15 heteroatoms. The van der Waals surface area contributed by atoms with E-state index in [1.807, 2.05) is 18.2 Å². The Hall–Kier alpha value is -2.75. The largest absolute Gasteiger partial charge is 0.472 e. The zero-order valence-corrected chi connectivity index (χ0v) is 38.1. The summed E-state index contributed by atoms with van der Waals surface area (Å²) in [6.07, 6.45) is 28.4. The Bertz CT molecular complexity index is 1380. The maximum Gasteiger partial charge on any atom is 0.472 e. The highest BCUT2D eigenvalue weighted by molar-refractivity contribution is 7.47. The fraction of sp³-hybridized carbons (Fsp3) is 0.702. The molecular formula is C47H79O14P. The van der Waals surface area contributed by atoms with Crippen molar-refractivity contribution in [1.29, 1.82) is 0 Å². The molecule has 0 aromatic carbocycles. The summed E-state index contributed by atoms with van der Waals surface area (Å²) in [6, 6.07) is 0. The second-order valence-electron chi connectivity index (χ2n) is 15.7. The minimum Gasteiger partial charge on any atom is -0.462 e. The summed E-state index contributed by atoms with van der Waals surface area (Å²) >= 11 is 0. The quantitative estimate of drug-likeness (QED) is 0.0105. The average molecular weight is 899 g/mol. The number of phosphoric acid groups is 1. The summed E-state index contributed by atoms with van der Waals surface area (Å²) in [5, 5.41) is 60.4. The lowest BCUT2D eigenvalue weighted by molar-refractivity contribution is -0.220. The molecule has 14 nitrogen and oxygen atoms in total. The van der Waals surface area contributed by atoms with Crippen LogP contribution in [0.3, 0.4) is 0 Å². The zero-order chi connectivity index (χ0) is 45.9. The predicted molar refractivity (Wildman–Crippen MR) is 241 cm³/mol. The summed E-state index contributed by atoms with van der Waals surface area (Å²) in [7, 11) is -5.18. The van der Waals surface area contributed by atoms with Crippen LogP contribution in [-0.2, 0) is 32.7 Å². The van der Waals surface area contributed by atoms with Gasteiger partial charge in [-0.15, -0.1) is 0 Å². The first-order chi connectivity index (χ1) is 29.8. The number of hydrogen-bond donors (Lipinski definition) is 7. The first-order valence-corrected chi connectivity index (χ1v) is 24.3. The zero-order valence-electron chi connectivity index (χ0n) is 37.2. The lowest BCUT2D eigenvalue weighted by Gasteiger charge is -2.41. The van der Waals surface area contributed by atoms with Crippen LogP contribution in [0, 0.1) is 0 Å². The third kappa shape index (κ3) is 28.8. The van der Waals surface area contributed by atoms with Crippen LogP contribution in [0.25, 0.3) is 0 Å². The highest BCUT2D eigenvalue weighted by atomic mass is 31.2. The van der Waals surface area contributed by atoms with Gasteiger partial charge in [0.1, 0.15) is 43.2 Å². The molecule has 0 radical (unpaired) electrons. The second kappa shape index (κ2) is 36.6. The number of unbranched alkanes of at least 4 members (excludes halogenated alkanes) is 11. The van der Waals surface area contributed by atoms with Crippen molar-refractivity contribution in [1.82, 2.24) is 0 Å². The number of aliphatic hydroxyl groups excluding tert-OH is 6. The van der Waals surface area contributed by atoms with E-state index >= 15 is 0 Å². The lowest BCUT2D eigenvalue weighted by atomic mass is 9.85. The first kappa shape index (κ1) is 57.3. The van der Waals surface area contributed by atoms with Crippen molar-refractivity contribution in [3.63, 3.8) is 0 Å². The number of phosphoric ester groups is 1. The van der Waals surface area contributed by atoms with Gasteiger partial charge in [-0.2, -0.15) is 0 Å². The van der Waals surface area contributed by atoms with E-state index in [2.05, 4.69) is 56.4 Å². The van der Waals surface area contributed by atoms with E-state index in [1.54, 1.807) is 12.2 Å². The van der Waals surface area contributed by atoms with Crippen LogP contribution in [0.15, 0.2) is 72.9 Å². The molecule has 62 heavy (non-hydrogen) atoms. The molecule has 1 saturated carbocycles. The van der Waals surface area contributed by atoms with Gasteiger partial charge in [0, 0.05) is 12.8 Å². The van der Waals surface area contributed by atoms with Gasteiger partial charge in [0.2, 0.25) is 0 Å². The van der Waals surface area contributed by atoms with Gasteiger partial charge in [-0.3, -0.25) is 18.6 Å². The molecule has 1 fully saturated rings. The van der Waals surface area contributed by atoms with Gasteiger partial charge in [0.15, 0.2) is 6.10 Å². The molecular weight excluding hydrogens is 819 g/mol. The van der Waals surface area contributed by atoms with E-state index in [9.17, 15) is 49.7 Å². The lowest BCUT2D eigenvalue weighted by Crippen LogP contribution is -2.64. The van der Waals surface area contributed by atoms with Crippen LogP contribution in [0.4, 0.5) is 0 Å². The van der Waals surface area contributed by atoms with Gasteiger partial charge in [0.25, 0.3) is 0 Å². The smallest absolute Gasteiger partial charge is 0.462 e. The molecule has 0 bridgehead atoms. The van der Waals surface area contributed by atoms with Gasteiger partial charge < -0.3 is 45.0 Å². The number of aliphatic hydroxyl groups is 6. The Labute approximate surface area is 370 Å². The summed E-state index contributed by atoms with van der Waals surface area (Å²) in [6.45, 7) is 3.05. The molecule has 0 amide bonds. The molecule has 4 unspecified atom stereocenters. The van der Waals surface area contributed by atoms with E-state index in [0.717, 1.165) is 38.5 Å². The summed E-state index contributed by atoms with van der Waals surface area (Å²) in [5.74, 6) is -1.35. The number of rotatable bonds is 36. The summed E-state index contributed by atoms with van der Waals surface area (Å²) < 4.78 is 33.3. The van der Waals surface area contributed by atoms with Crippen molar-refractivity contribution in [3.8, 4) is 0 Å². The topological polar surface area (TPSA) is 230 Å². The molecule has 0 spiro atoms. The van der Waals surface area contributed by atoms with E-state index in [4.69, 9.17) is 18.5 Å². The number of carbonyl (C=O) groups is 2. The van der Waals surface area contributed by atoms with Gasteiger partial charge in [-0.25, -0.2) is 4.57 Å². The van der Waals surface area contributed by atoms with E-state index in [1.165, 1.54) is 57.8 Å². The number of esters is 2. The Morgan fingerprint density at radius 3 is 1.68 bits per heavy atom. The number of ether oxygens (including phenoxy) is 2. The average Bonchev–Trinajstić information content (AvgIpc) is 3.25. The van der Waals surface area contributed by atoms with Crippen molar-refractivity contribution in [3.05, 3.63) is 72.9 Å². The Morgan fingerprint density at radius 1 is 0.581 bits per heavy atom. The predicted octanol–water partition coefficient (Wildman–Crippen LogP) is 7.69. The third-order valence-electron chi connectivity index (χ3n) is 10.1. The van der Waals surface area contributed by atoms with Crippen molar-refractivity contribution in [2.75, 3.05) is 13.2 Å². The molecule has 0 heterocycles. The maximum atomic E-state index is 12.8. The fourth-order valence-electron chi connectivity index (χ4n) is 6.36. The van der Waals surface area contributed by atoms with Crippen LogP contribution in [-0.4, -0.2) is 110 Å². The molecule has 1 aliphatic rings. The van der Waals surface area contributed by atoms with Crippen LogP contribution in [0.1, 0.15) is 149 Å². The van der Waals surface area contributed by atoms with E-state index < -0.39 is 81.8 Å². The van der Waals surface area contributed by atoms with Crippen LogP contribution in [0.5, 0.6) is 0 Å². The van der Waals surface area contributed by atoms with Crippen molar-refractivity contribution in [2.24, 2.45) is 0 Å². The highest BCUT2D eigenvalue weighted by Gasteiger charge is 2.51. The van der Waals surface area contributed by atoms with Crippen molar-refractivity contribution < 1.29 is 68.2 Å². The highest BCUT2D eigenvalue weighted by Crippen LogP contribution is 2.47. The van der Waals surface area contributed by atoms with Gasteiger partial charge in [-0.05, 0) is 77.0 Å². The second-order valence-corrected chi connectivity index (χ2v) is 17.2. The molecule has 0 aromatic rings. The number of carbonyl (C=O) groups excluding carboxylic acids is 2. The molecule has 0 aromatic heterocycles. The molecule has 1 rings (SSSR count). The molecule has 9 atom stereocenters. The Kier molecular flexibility index (Phi) is 33.8. The Morgan fingerprint density at radius 2 is 1.06 bits per heavy atom. The Balaban J connectivity index is 2.59. The fourth-order valence-corrected chi connectivity index (χ4v) is 7.33. The minimum atomic E-state index is -5.18. The van der Waals surface area contributed by atoms with Crippen LogP contribution < -0.4 is 0 Å². The summed E-state index contributed by atoms with van der Waals surface area (Å²) in [5.41, 5.74) is 0. The number of allylic oxidation sites excluding steroid dienone is 11. The molecule has 0 aliphatic heterocycles. The van der Waals surface area contributed by atoms with Gasteiger partial charge in [0.05, 0.1) is 12.7 Å². The van der Waals surface area contributed by atoms with E-state index in [0.29, 0.717) is 12.8 Å². The first-order valence-electron chi connectivity index (χ1n) is 22.8. The SMILES string of the molecule is CCCCC/C=C\C/C=C\C/C=C\CCCCC(=O)O[C@H](COC(=O)CCCC(O)/C=C/C=C/C/C=C/CCCCCCCC)COP(=O)(O)OC1[C@H](O)[C@H](O)C(O)[C@H](O)[C@H]1O. The minimum absolute atomic E-state index is 0.00514. The normalized spacial score (nSPS) is 23.0. The summed E-state index contributed by atoms with van der Waals surface area (Å²) in [4.78, 5) is 35.7. The van der Waals surface area contributed by atoms with Crippen LogP contribution >= 0.6 is 7.82 Å². The van der Waals surface area contributed by atoms with Gasteiger partial charge in [-0.1, -0.05) is 132 Å². The molecule has 1 aliphatic carbocycles. The molecule has 0 saturated heterocycles. The van der Waals surface area contributed by atoms with E-state index in [-0.39, 0.29) is 25.7 Å². The standard InChI is InChI=1S/C47H79O14P/c1-3-5-7-9-11-13-15-17-18-20-22-24-26-28-30-34-41(50)60-39(37-59-62(56,57)61-47-45(54)43(52)42(51)44(53)46(47)55)36-58-40(49)35-31-33-38(48)32-29-27-25-23-21-19-16-14-12-10-8-6-4-2/h11,13,17-19,21-22,24-25,27,29,32,38-39,42-48,51-55H,3-10,12,14-16,20,23,26,28,30-31,33-37H2,1-2H3,(H,56,57)/b13-11-,18-17-,21-19+,24-22-,27-25+,32-29+/t38?,39-,42?,43-,44+,45-,46-,47?/m1/s1. The monoisotopic (exact) mass is 899 g/mol.